The highest BCUT2D eigenvalue weighted by Crippen LogP contribution is 2.58. The first-order chi connectivity index (χ1) is 13.1. The first-order valence-electron chi connectivity index (χ1n) is 9.56. The molecule has 6 heteroatoms. The molecule has 1 saturated heterocycles. The minimum absolute atomic E-state index is 0. The number of hydrogen-bond acceptors (Lipinski definition) is 3. The van der Waals surface area contributed by atoms with Gasteiger partial charge in [0.2, 0.25) is 5.91 Å². The lowest BCUT2D eigenvalue weighted by atomic mass is 9.91. The van der Waals surface area contributed by atoms with Gasteiger partial charge in [0, 0.05) is 22.9 Å². The fourth-order valence-corrected chi connectivity index (χ4v) is 4.04. The summed E-state index contributed by atoms with van der Waals surface area (Å²) in [4.78, 5) is 25.3. The summed E-state index contributed by atoms with van der Waals surface area (Å²) in [6.07, 6.45) is 3.13. The molecule has 5 nitrogen and oxygen atoms in total. The molecule has 1 spiro atoms. The van der Waals surface area contributed by atoms with Gasteiger partial charge in [0.25, 0.3) is 5.91 Å². The monoisotopic (exact) mass is 399 g/mol. The number of amides is 2. The van der Waals surface area contributed by atoms with Crippen LogP contribution >= 0.6 is 12.4 Å². The lowest BCUT2D eigenvalue weighted by Crippen LogP contribution is -2.31. The summed E-state index contributed by atoms with van der Waals surface area (Å²) in [5, 5.41) is 9.31. The molecule has 1 atom stereocenters. The van der Waals surface area contributed by atoms with E-state index in [4.69, 9.17) is 0 Å². The van der Waals surface area contributed by atoms with Crippen molar-refractivity contribution in [3.63, 3.8) is 0 Å². The number of carbonyl (C=O) groups is 2. The van der Waals surface area contributed by atoms with E-state index in [9.17, 15) is 9.59 Å². The Morgan fingerprint density at radius 1 is 1.04 bits per heavy atom. The van der Waals surface area contributed by atoms with Crippen LogP contribution < -0.4 is 16.0 Å². The van der Waals surface area contributed by atoms with E-state index in [2.05, 4.69) is 16.0 Å². The van der Waals surface area contributed by atoms with Crippen LogP contribution in [0.2, 0.25) is 0 Å². The normalized spacial score (nSPS) is 19.4. The van der Waals surface area contributed by atoms with Gasteiger partial charge < -0.3 is 16.0 Å². The van der Waals surface area contributed by atoms with Crippen molar-refractivity contribution in [2.45, 2.75) is 26.2 Å². The molecule has 28 heavy (non-hydrogen) atoms. The molecule has 1 aliphatic heterocycles. The van der Waals surface area contributed by atoms with Gasteiger partial charge in [0.05, 0.1) is 0 Å². The highest BCUT2D eigenvalue weighted by atomic mass is 35.5. The second-order valence-electron chi connectivity index (χ2n) is 7.71. The highest BCUT2D eigenvalue weighted by Gasteiger charge is 2.57. The number of piperidine rings is 1. The Kier molecular flexibility index (Phi) is 6.06. The third kappa shape index (κ3) is 4.21. The van der Waals surface area contributed by atoms with E-state index in [0.29, 0.717) is 5.56 Å². The van der Waals surface area contributed by atoms with Crippen molar-refractivity contribution in [3.8, 4) is 0 Å². The molecule has 148 valence electrons. The SMILES string of the molecule is Cc1ccc(C(=O)Nc2ccccc2)cc1NC(=O)C1CC12CCNCC2.Cl. The molecule has 4 rings (SSSR count). The van der Waals surface area contributed by atoms with Crippen molar-refractivity contribution in [2.75, 3.05) is 23.7 Å². The van der Waals surface area contributed by atoms with Crippen LogP contribution in [0.3, 0.4) is 0 Å². The highest BCUT2D eigenvalue weighted by molar-refractivity contribution is 6.05. The summed E-state index contributed by atoms with van der Waals surface area (Å²) < 4.78 is 0. The van der Waals surface area contributed by atoms with E-state index in [-0.39, 0.29) is 35.6 Å². The molecule has 2 aliphatic rings. The van der Waals surface area contributed by atoms with Crippen LogP contribution in [0.4, 0.5) is 11.4 Å². The van der Waals surface area contributed by atoms with Crippen LogP contribution in [0.15, 0.2) is 48.5 Å². The number of rotatable bonds is 4. The van der Waals surface area contributed by atoms with Crippen molar-refractivity contribution >= 4 is 35.6 Å². The first kappa shape index (κ1) is 20.4. The molecule has 0 radical (unpaired) electrons. The standard InChI is InChI=1S/C22H25N3O2.ClH/c1-15-7-8-16(20(26)24-17-5-3-2-4-6-17)13-19(15)25-21(27)18-14-22(18)9-11-23-12-10-22;/h2-8,13,18,23H,9-12,14H2,1H3,(H,24,26)(H,25,27);1H. The molecule has 0 bridgehead atoms. The molecule has 2 amide bonds. The van der Waals surface area contributed by atoms with E-state index >= 15 is 0 Å². The third-order valence-corrected chi connectivity index (χ3v) is 5.89. The van der Waals surface area contributed by atoms with Gasteiger partial charge >= 0.3 is 0 Å². The molecule has 1 saturated carbocycles. The minimum atomic E-state index is -0.182. The average Bonchev–Trinajstić information content (AvgIpc) is 3.37. The van der Waals surface area contributed by atoms with Crippen LogP contribution in [0.25, 0.3) is 0 Å². The summed E-state index contributed by atoms with van der Waals surface area (Å²) in [5.41, 5.74) is 3.16. The van der Waals surface area contributed by atoms with E-state index in [0.717, 1.165) is 49.3 Å². The molecule has 2 fully saturated rings. The number of halogens is 1. The van der Waals surface area contributed by atoms with Gasteiger partial charge in [-0.1, -0.05) is 24.3 Å². The van der Waals surface area contributed by atoms with Crippen LogP contribution in [0, 0.1) is 18.3 Å². The maximum Gasteiger partial charge on any atom is 0.255 e. The van der Waals surface area contributed by atoms with Gasteiger partial charge in [0.15, 0.2) is 0 Å². The maximum atomic E-state index is 12.7. The average molecular weight is 400 g/mol. The second-order valence-corrected chi connectivity index (χ2v) is 7.71. The fourth-order valence-electron chi connectivity index (χ4n) is 4.04. The smallest absolute Gasteiger partial charge is 0.255 e. The third-order valence-electron chi connectivity index (χ3n) is 5.89. The van der Waals surface area contributed by atoms with Crippen molar-refractivity contribution in [1.82, 2.24) is 5.32 Å². The number of carbonyl (C=O) groups excluding carboxylic acids is 2. The minimum Gasteiger partial charge on any atom is -0.326 e. The number of benzene rings is 2. The van der Waals surface area contributed by atoms with Crippen molar-refractivity contribution < 1.29 is 9.59 Å². The molecule has 1 heterocycles. The predicted molar refractivity (Wildman–Crippen MR) is 114 cm³/mol. The van der Waals surface area contributed by atoms with Gasteiger partial charge in [-0.15, -0.1) is 12.4 Å². The lowest BCUT2D eigenvalue weighted by molar-refractivity contribution is -0.118. The zero-order valence-corrected chi connectivity index (χ0v) is 16.8. The largest absolute Gasteiger partial charge is 0.326 e. The molecular weight excluding hydrogens is 374 g/mol. The Bertz CT molecular complexity index is 863. The zero-order chi connectivity index (χ0) is 18.9. The molecular formula is C22H26ClN3O2. The lowest BCUT2D eigenvalue weighted by Gasteiger charge is -2.23. The quantitative estimate of drug-likeness (QED) is 0.727. The number of anilines is 2. The van der Waals surface area contributed by atoms with Gasteiger partial charge in [0.1, 0.15) is 0 Å². The van der Waals surface area contributed by atoms with Crippen LogP contribution in [0.1, 0.15) is 35.2 Å². The Morgan fingerprint density at radius 3 is 2.46 bits per heavy atom. The van der Waals surface area contributed by atoms with Crippen molar-refractivity contribution in [1.29, 1.82) is 0 Å². The molecule has 1 aliphatic carbocycles. The van der Waals surface area contributed by atoms with Gasteiger partial charge in [-0.2, -0.15) is 0 Å². The van der Waals surface area contributed by atoms with Crippen LogP contribution in [-0.2, 0) is 4.79 Å². The molecule has 3 N–H and O–H groups in total. The summed E-state index contributed by atoms with van der Waals surface area (Å²) in [7, 11) is 0. The molecule has 1 unspecified atom stereocenters. The van der Waals surface area contributed by atoms with Crippen molar-refractivity contribution in [3.05, 3.63) is 59.7 Å². The van der Waals surface area contributed by atoms with E-state index < -0.39 is 0 Å². The predicted octanol–water partition coefficient (Wildman–Crippen LogP) is 4.00. The van der Waals surface area contributed by atoms with Gasteiger partial charge in [-0.25, -0.2) is 0 Å². The molecule has 2 aromatic carbocycles. The van der Waals surface area contributed by atoms with Gasteiger partial charge in [-0.3, -0.25) is 9.59 Å². The Hall–Kier alpha value is -2.37. The number of nitrogens with one attached hydrogen (secondary N) is 3. The Balaban J connectivity index is 0.00000225. The maximum absolute atomic E-state index is 12.7. The van der Waals surface area contributed by atoms with Gasteiger partial charge in [-0.05, 0) is 74.5 Å². The fraction of sp³-hybridized carbons (Fsp3) is 0.364. The second kappa shape index (κ2) is 8.33. The van der Waals surface area contributed by atoms with E-state index in [1.807, 2.05) is 43.3 Å². The number of para-hydroxylation sites is 1. The Morgan fingerprint density at radius 2 is 1.75 bits per heavy atom. The number of aryl methyl sites for hydroxylation is 1. The summed E-state index contributed by atoms with van der Waals surface area (Å²) in [5.74, 6) is -0.000588. The number of hydrogen-bond donors (Lipinski definition) is 3. The Labute approximate surface area is 171 Å². The van der Waals surface area contributed by atoms with E-state index in [1.165, 1.54) is 0 Å². The van der Waals surface area contributed by atoms with Crippen LogP contribution in [-0.4, -0.2) is 24.9 Å². The van der Waals surface area contributed by atoms with E-state index in [1.54, 1.807) is 12.1 Å². The molecule has 2 aromatic rings. The first-order valence-corrected chi connectivity index (χ1v) is 9.56. The summed E-state index contributed by atoms with van der Waals surface area (Å²) in [6.45, 7) is 3.94. The topological polar surface area (TPSA) is 70.2 Å². The zero-order valence-electron chi connectivity index (χ0n) is 16.0. The van der Waals surface area contributed by atoms with Crippen molar-refractivity contribution in [2.24, 2.45) is 11.3 Å². The summed E-state index contributed by atoms with van der Waals surface area (Å²) >= 11 is 0. The molecule has 0 aromatic heterocycles. The summed E-state index contributed by atoms with van der Waals surface area (Å²) in [6, 6.07) is 14.8. The van der Waals surface area contributed by atoms with Crippen LogP contribution in [0.5, 0.6) is 0 Å².